The molecule has 0 aliphatic heterocycles. The van der Waals surface area contributed by atoms with Crippen LogP contribution in [0.3, 0.4) is 0 Å². The van der Waals surface area contributed by atoms with E-state index in [1.165, 1.54) is 11.1 Å². The zero-order valence-electron chi connectivity index (χ0n) is 31.9. The van der Waals surface area contributed by atoms with E-state index >= 15 is 0 Å². The molecule has 0 unspecified atom stereocenters. The van der Waals surface area contributed by atoms with Crippen molar-refractivity contribution in [3.05, 3.63) is 203 Å². The number of methoxy groups -OCH3 is 2. The Bertz CT molecular complexity index is 1910. The number of nitrogens with zero attached hydrogens (tertiary/aromatic N) is 2. The maximum absolute atomic E-state index is 13.1. The second-order valence-corrected chi connectivity index (χ2v) is 12.6. The van der Waals surface area contributed by atoms with Gasteiger partial charge in [0.1, 0.15) is 11.5 Å². The van der Waals surface area contributed by atoms with Crippen molar-refractivity contribution >= 4 is 42.2 Å². The van der Waals surface area contributed by atoms with Gasteiger partial charge < -0.3 is 19.3 Å². The van der Waals surface area contributed by atoms with E-state index in [2.05, 4.69) is 55.4 Å². The molecule has 0 heterocycles. The first kappa shape index (κ1) is 45.9. The predicted molar refractivity (Wildman–Crippen MR) is 223 cm³/mol. The molecular weight excluding hydrogens is 928 g/mol. The third-order valence-electron chi connectivity index (χ3n) is 8.45. The van der Waals surface area contributed by atoms with E-state index in [0.29, 0.717) is 11.1 Å². The molecule has 2 amide bonds. The summed E-state index contributed by atoms with van der Waals surface area (Å²) in [7, 11) is 12.2. The van der Waals surface area contributed by atoms with Gasteiger partial charge in [0.25, 0.3) is 11.8 Å². The SMILES string of the molecule is COc1ccc(N([CH-]c2ccc(C)cc2)C(=O)c2ccc(C)cc2)cc1.COc1ccc(N([CH-]c2ccc(C)cc2)C(=O)c2ccc(C)cc2)cc1.[Cl][Pd+].[Cl][Pd+]. The number of carbonyl (C=O) groups excluding carboxylic acids is 2. The Morgan fingerprint density at radius 3 is 0.929 bits per heavy atom. The minimum absolute atomic E-state index is 0.0734. The van der Waals surface area contributed by atoms with E-state index in [4.69, 9.17) is 9.47 Å². The number of benzene rings is 6. The Hall–Kier alpha value is -4.50. The molecule has 0 aliphatic carbocycles. The van der Waals surface area contributed by atoms with Crippen molar-refractivity contribution in [1.29, 1.82) is 0 Å². The number of anilines is 2. The predicted octanol–water partition coefficient (Wildman–Crippen LogP) is 11.7. The summed E-state index contributed by atoms with van der Waals surface area (Å²) < 4.78 is 10.5. The van der Waals surface area contributed by atoms with E-state index in [0.717, 1.165) is 45.1 Å². The standard InChI is InChI=1S/2C23H22NO2.2ClH.2Pd/c2*1-17-4-8-19(9-5-17)16-24(21-12-14-22(26-3)15-13-21)23(25)20-10-6-18(2)7-11-20;;;;/h2*4-16H,1-3H3;2*1H;;/q2*-1;;;2*+2/p-2. The van der Waals surface area contributed by atoms with Crippen molar-refractivity contribution < 1.29 is 55.4 Å². The Labute approximate surface area is 361 Å². The average molecular weight is 973 g/mol. The molecule has 0 spiro atoms. The third kappa shape index (κ3) is 13.9. The fourth-order valence-corrected chi connectivity index (χ4v) is 5.26. The van der Waals surface area contributed by atoms with Gasteiger partial charge in [0.05, 0.1) is 14.2 Å². The Morgan fingerprint density at radius 1 is 0.429 bits per heavy atom. The molecular formula is C46H44Cl2N2O4Pd2. The van der Waals surface area contributed by atoms with E-state index in [9.17, 15) is 9.59 Å². The van der Waals surface area contributed by atoms with Gasteiger partial charge in [-0.25, -0.2) is 0 Å². The van der Waals surface area contributed by atoms with Crippen molar-refractivity contribution in [2.75, 3.05) is 24.0 Å². The number of aryl methyl sites for hydroxylation is 4. The summed E-state index contributed by atoms with van der Waals surface area (Å²) in [5, 5.41) is 0. The van der Waals surface area contributed by atoms with E-state index in [1.807, 2.05) is 186 Å². The molecule has 0 N–H and O–H groups in total. The van der Waals surface area contributed by atoms with Gasteiger partial charge in [0, 0.05) is 22.5 Å². The first-order valence-corrected chi connectivity index (χ1v) is 21.3. The molecule has 6 rings (SSSR count). The second-order valence-electron chi connectivity index (χ2n) is 12.6. The van der Waals surface area contributed by atoms with Gasteiger partial charge in [-0.3, -0.25) is 9.59 Å². The van der Waals surface area contributed by atoms with Crippen LogP contribution < -0.4 is 19.3 Å². The van der Waals surface area contributed by atoms with Crippen LogP contribution in [0.5, 0.6) is 11.5 Å². The number of carbonyl (C=O) groups is 2. The quantitative estimate of drug-likeness (QED) is 0.101. The van der Waals surface area contributed by atoms with Crippen LogP contribution in [-0.4, -0.2) is 26.0 Å². The molecule has 296 valence electrons. The molecule has 6 nitrogen and oxygen atoms in total. The molecule has 6 aromatic rings. The molecule has 0 radical (unpaired) electrons. The molecule has 56 heavy (non-hydrogen) atoms. The van der Waals surface area contributed by atoms with Crippen molar-refractivity contribution in [3.63, 3.8) is 0 Å². The van der Waals surface area contributed by atoms with Crippen molar-refractivity contribution in [2.45, 2.75) is 27.7 Å². The van der Waals surface area contributed by atoms with Gasteiger partial charge in [-0.1, -0.05) is 59.6 Å². The summed E-state index contributed by atoms with van der Waals surface area (Å²) in [5.41, 5.74) is 9.42. The number of ether oxygens (including phenoxy) is 2. The van der Waals surface area contributed by atoms with Gasteiger partial charge in [-0.15, -0.1) is 24.3 Å². The van der Waals surface area contributed by atoms with Crippen LogP contribution in [0.25, 0.3) is 0 Å². The van der Waals surface area contributed by atoms with Gasteiger partial charge in [-0.05, 0) is 100 Å². The van der Waals surface area contributed by atoms with E-state index < -0.39 is 0 Å². The number of halogens is 2. The van der Waals surface area contributed by atoms with Crippen LogP contribution in [0.15, 0.2) is 146 Å². The Morgan fingerprint density at radius 2 is 0.679 bits per heavy atom. The van der Waals surface area contributed by atoms with Crippen LogP contribution in [0.4, 0.5) is 11.4 Å². The molecule has 0 saturated carbocycles. The third-order valence-corrected chi connectivity index (χ3v) is 8.45. The van der Waals surface area contributed by atoms with E-state index in [-0.39, 0.29) is 11.8 Å². The first-order valence-electron chi connectivity index (χ1n) is 17.3. The molecule has 6 aromatic carbocycles. The normalized spacial score (nSPS) is 9.79. The van der Waals surface area contributed by atoms with Crippen LogP contribution >= 0.6 is 19.1 Å². The number of hydrogen-bond donors (Lipinski definition) is 0. The number of amides is 2. The van der Waals surface area contributed by atoms with Gasteiger partial charge in [0.15, 0.2) is 0 Å². The number of hydrogen-bond acceptors (Lipinski definition) is 4. The number of rotatable bonds is 10. The monoisotopic (exact) mass is 970 g/mol. The average Bonchev–Trinajstić information content (AvgIpc) is 3.25. The fourth-order valence-electron chi connectivity index (χ4n) is 5.26. The van der Waals surface area contributed by atoms with Crippen LogP contribution in [0.1, 0.15) is 54.1 Å². The van der Waals surface area contributed by atoms with Crippen molar-refractivity contribution in [2.24, 2.45) is 0 Å². The zero-order valence-corrected chi connectivity index (χ0v) is 36.5. The summed E-state index contributed by atoms with van der Waals surface area (Å²) in [6.07, 6.45) is 0. The maximum atomic E-state index is 13.1. The molecule has 0 atom stereocenters. The molecule has 0 aliphatic rings. The second kappa shape index (κ2) is 24.2. The minimum atomic E-state index is -0.0734. The Balaban J connectivity index is 0.000000276. The van der Waals surface area contributed by atoms with Crippen LogP contribution in [0, 0.1) is 40.8 Å². The van der Waals surface area contributed by atoms with Gasteiger partial charge in [0.2, 0.25) is 0 Å². The van der Waals surface area contributed by atoms with Crippen LogP contribution in [0.2, 0.25) is 0 Å². The zero-order chi connectivity index (χ0) is 41.0. The first-order chi connectivity index (χ1) is 27.1. The Kier molecular flexibility index (Phi) is 19.8. The van der Waals surface area contributed by atoms with Crippen molar-refractivity contribution in [3.8, 4) is 11.5 Å². The van der Waals surface area contributed by atoms with Crippen LogP contribution in [-0.2, 0) is 36.4 Å². The van der Waals surface area contributed by atoms with Crippen molar-refractivity contribution in [1.82, 2.24) is 0 Å². The molecule has 0 aromatic heterocycles. The summed E-state index contributed by atoms with van der Waals surface area (Å²) in [5.74, 6) is 1.37. The van der Waals surface area contributed by atoms with Gasteiger partial charge >= 0.3 is 55.4 Å². The summed E-state index contributed by atoms with van der Waals surface area (Å²) in [6, 6.07) is 46.4. The molecule has 0 fully saturated rings. The molecule has 0 bridgehead atoms. The summed E-state index contributed by atoms with van der Waals surface area (Å²) in [4.78, 5) is 29.6. The molecule has 0 saturated heterocycles. The van der Waals surface area contributed by atoms with Gasteiger partial charge in [-0.2, -0.15) is 35.4 Å². The van der Waals surface area contributed by atoms with E-state index in [1.54, 1.807) is 24.0 Å². The summed E-state index contributed by atoms with van der Waals surface area (Å²) in [6.45, 7) is 11.8. The topological polar surface area (TPSA) is 59.1 Å². The summed E-state index contributed by atoms with van der Waals surface area (Å²) >= 11 is 4.44. The molecule has 10 heteroatoms. The fraction of sp³-hybridized carbons (Fsp3) is 0.130.